The maximum Gasteiger partial charge on any atom is 0.0531 e. The van der Waals surface area contributed by atoms with Crippen LogP contribution in [0.1, 0.15) is 5.69 Å². The Labute approximate surface area is 153 Å². The first-order valence-corrected chi connectivity index (χ1v) is 8.71. The van der Waals surface area contributed by atoms with E-state index in [0.717, 1.165) is 16.1 Å². The molecule has 4 rings (SSSR count). The van der Waals surface area contributed by atoms with Gasteiger partial charge in [0.1, 0.15) is 0 Å². The smallest absolute Gasteiger partial charge is 0.0531 e. The van der Waals surface area contributed by atoms with Crippen LogP contribution in [0.3, 0.4) is 0 Å². The predicted molar refractivity (Wildman–Crippen MR) is 106 cm³/mol. The van der Waals surface area contributed by atoms with Crippen molar-refractivity contribution in [2.45, 2.75) is 6.92 Å². The topological polar surface area (TPSA) is 4.93 Å². The average molecular weight is 344 g/mol. The van der Waals surface area contributed by atoms with Gasteiger partial charge in [-0.05, 0) is 48.4 Å². The molecule has 0 fully saturated rings. The molecule has 0 amide bonds. The molecule has 25 heavy (non-hydrogen) atoms. The van der Waals surface area contributed by atoms with Crippen LogP contribution in [0.25, 0.3) is 28.1 Å². The lowest BCUT2D eigenvalue weighted by Gasteiger charge is -2.13. The Morgan fingerprint density at radius 2 is 1.28 bits per heavy atom. The molecule has 0 bridgehead atoms. The van der Waals surface area contributed by atoms with E-state index in [0.29, 0.717) is 0 Å². The number of hydrogen-bond donors (Lipinski definition) is 0. The van der Waals surface area contributed by atoms with Gasteiger partial charge in [-0.25, -0.2) is 0 Å². The van der Waals surface area contributed by atoms with Crippen LogP contribution in [0.4, 0.5) is 0 Å². The van der Waals surface area contributed by atoms with Crippen molar-refractivity contribution in [2.24, 2.45) is 0 Å². The van der Waals surface area contributed by atoms with E-state index in [-0.39, 0.29) is 0 Å². The molecule has 4 aromatic rings. The minimum Gasteiger partial charge on any atom is -0.314 e. The number of para-hydroxylation sites is 1. The molecule has 0 atom stereocenters. The highest BCUT2D eigenvalue weighted by molar-refractivity contribution is 6.33. The Morgan fingerprint density at radius 3 is 2.00 bits per heavy atom. The molecule has 1 nitrogen and oxygen atoms in total. The van der Waals surface area contributed by atoms with Crippen molar-refractivity contribution < 1.29 is 0 Å². The van der Waals surface area contributed by atoms with E-state index >= 15 is 0 Å². The highest BCUT2D eigenvalue weighted by Crippen LogP contribution is 2.31. The summed E-state index contributed by atoms with van der Waals surface area (Å²) in [6, 6.07) is 31.3. The molecular formula is C23H18ClN. The van der Waals surface area contributed by atoms with Crippen LogP contribution in [-0.2, 0) is 0 Å². The number of aryl methyl sites for hydroxylation is 1. The van der Waals surface area contributed by atoms with Gasteiger partial charge >= 0.3 is 0 Å². The standard InChI is InChI=1S/C23H18ClN/c1-17-11-16-23(25(17)20-7-3-2-4-8-20)19-14-12-18(13-15-19)21-9-5-6-10-22(21)24/h2-16H,1H3. The summed E-state index contributed by atoms with van der Waals surface area (Å²) in [5, 5.41) is 0.777. The highest BCUT2D eigenvalue weighted by Gasteiger charge is 2.10. The van der Waals surface area contributed by atoms with Crippen molar-refractivity contribution in [3.8, 4) is 28.1 Å². The second-order valence-electron chi connectivity index (χ2n) is 6.09. The molecule has 0 saturated heterocycles. The van der Waals surface area contributed by atoms with Crippen LogP contribution >= 0.6 is 11.6 Å². The Morgan fingerprint density at radius 1 is 0.640 bits per heavy atom. The van der Waals surface area contributed by atoms with E-state index in [4.69, 9.17) is 11.6 Å². The fraction of sp³-hybridized carbons (Fsp3) is 0.0435. The molecule has 0 N–H and O–H groups in total. The lowest BCUT2D eigenvalue weighted by Crippen LogP contribution is -1.98. The minimum absolute atomic E-state index is 0.777. The third-order valence-electron chi connectivity index (χ3n) is 4.46. The van der Waals surface area contributed by atoms with Gasteiger partial charge in [-0.15, -0.1) is 0 Å². The highest BCUT2D eigenvalue weighted by atomic mass is 35.5. The van der Waals surface area contributed by atoms with E-state index < -0.39 is 0 Å². The van der Waals surface area contributed by atoms with Gasteiger partial charge in [-0.3, -0.25) is 0 Å². The van der Waals surface area contributed by atoms with Crippen molar-refractivity contribution >= 4 is 11.6 Å². The van der Waals surface area contributed by atoms with Crippen LogP contribution < -0.4 is 0 Å². The van der Waals surface area contributed by atoms with Crippen molar-refractivity contribution in [1.82, 2.24) is 4.57 Å². The Kier molecular flexibility index (Phi) is 4.17. The number of halogens is 1. The van der Waals surface area contributed by atoms with E-state index in [1.165, 1.54) is 22.6 Å². The summed E-state index contributed by atoms with van der Waals surface area (Å²) in [6.07, 6.45) is 0. The van der Waals surface area contributed by atoms with Gasteiger partial charge in [0.25, 0.3) is 0 Å². The Balaban J connectivity index is 1.76. The zero-order valence-electron chi connectivity index (χ0n) is 14.0. The molecule has 0 aliphatic heterocycles. The third kappa shape index (κ3) is 2.99. The largest absolute Gasteiger partial charge is 0.314 e. The summed E-state index contributed by atoms with van der Waals surface area (Å²) in [6.45, 7) is 2.13. The Bertz CT molecular complexity index is 998. The molecule has 0 unspecified atom stereocenters. The molecule has 0 aliphatic carbocycles. The first kappa shape index (κ1) is 15.7. The van der Waals surface area contributed by atoms with E-state index in [9.17, 15) is 0 Å². The fourth-order valence-corrected chi connectivity index (χ4v) is 3.44. The molecule has 3 aromatic carbocycles. The number of rotatable bonds is 3. The van der Waals surface area contributed by atoms with Crippen molar-refractivity contribution in [3.63, 3.8) is 0 Å². The molecule has 0 radical (unpaired) electrons. The second-order valence-corrected chi connectivity index (χ2v) is 6.50. The summed E-state index contributed by atoms with van der Waals surface area (Å²) in [5.74, 6) is 0. The number of benzene rings is 3. The number of hydrogen-bond acceptors (Lipinski definition) is 0. The van der Waals surface area contributed by atoms with Gasteiger partial charge in [0, 0.05) is 22.0 Å². The van der Waals surface area contributed by atoms with Crippen molar-refractivity contribution in [2.75, 3.05) is 0 Å². The van der Waals surface area contributed by atoms with Crippen LogP contribution in [0, 0.1) is 6.92 Å². The van der Waals surface area contributed by atoms with Crippen molar-refractivity contribution in [1.29, 1.82) is 0 Å². The Hall–Kier alpha value is -2.77. The van der Waals surface area contributed by atoms with Crippen LogP contribution in [0.5, 0.6) is 0 Å². The van der Waals surface area contributed by atoms with Gasteiger partial charge in [-0.2, -0.15) is 0 Å². The molecule has 0 aliphatic rings. The third-order valence-corrected chi connectivity index (χ3v) is 4.79. The van der Waals surface area contributed by atoms with Gasteiger partial charge in [0.2, 0.25) is 0 Å². The van der Waals surface area contributed by atoms with Crippen LogP contribution in [0.15, 0.2) is 91.0 Å². The van der Waals surface area contributed by atoms with E-state index in [2.05, 4.69) is 72.2 Å². The predicted octanol–water partition coefficient (Wildman–Crippen LogP) is 6.77. The normalized spacial score (nSPS) is 10.8. The first-order valence-electron chi connectivity index (χ1n) is 8.33. The summed E-state index contributed by atoms with van der Waals surface area (Å²) in [5.41, 5.74) is 6.96. The number of aromatic nitrogens is 1. The van der Waals surface area contributed by atoms with Gasteiger partial charge < -0.3 is 4.57 Å². The zero-order valence-corrected chi connectivity index (χ0v) is 14.7. The van der Waals surface area contributed by atoms with Crippen LogP contribution in [0.2, 0.25) is 5.02 Å². The van der Waals surface area contributed by atoms with Gasteiger partial charge in [0.05, 0.1) is 5.69 Å². The molecule has 122 valence electrons. The summed E-state index contributed by atoms with van der Waals surface area (Å²) >= 11 is 6.32. The zero-order chi connectivity index (χ0) is 17.2. The molecular weight excluding hydrogens is 326 g/mol. The molecule has 1 heterocycles. The number of nitrogens with zero attached hydrogens (tertiary/aromatic N) is 1. The van der Waals surface area contributed by atoms with Gasteiger partial charge in [0.15, 0.2) is 0 Å². The van der Waals surface area contributed by atoms with Crippen LogP contribution in [-0.4, -0.2) is 4.57 Å². The summed E-state index contributed by atoms with van der Waals surface area (Å²) < 4.78 is 2.28. The lowest BCUT2D eigenvalue weighted by atomic mass is 10.0. The average Bonchev–Trinajstić information content (AvgIpc) is 3.04. The molecule has 0 spiro atoms. The van der Waals surface area contributed by atoms with E-state index in [1.54, 1.807) is 0 Å². The monoisotopic (exact) mass is 343 g/mol. The second kappa shape index (κ2) is 6.62. The molecule has 1 aromatic heterocycles. The molecule has 2 heteroatoms. The molecule has 0 saturated carbocycles. The quantitative estimate of drug-likeness (QED) is 0.386. The first-order chi connectivity index (χ1) is 12.2. The maximum absolute atomic E-state index is 6.32. The summed E-state index contributed by atoms with van der Waals surface area (Å²) in [7, 11) is 0. The lowest BCUT2D eigenvalue weighted by molar-refractivity contribution is 1.02. The van der Waals surface area contributed by atoms with Crippen molar-refractivity contribution in [3.05, 3.63) is 102 Å². The van der Waals surface area contributed by atoms with E-state index in [1.807, 2.05) is 30.3 Å². The van der Waals surface area contributed by atoms with Gasteiger partial charge in [-0.1, -0.05) is 72.3 Å². The fourth-order valence-electron chi connectivity index (χ4n) is 3.20. The summed E-state index contributed by atoms with van der Waals surface area (Å²) in [4.78, 5) is 0. The SMILES string of the molecule is Cc1ccc(-c2ccc(-c3ccccc3Cl)cc2)n1-c1ccccc1. The maximum atomic E-state index is 6.32. The minimum atomic E-state index is 0.777.